The number of nitrogens with zero attached hydrogens (tertiary/aromatic N) is 1. The van der Waals surface area contributed by atoms with Gasteiger partial charge in [-0.2, -0.15) is 0 Å². The van der Waals surface area contributed by atoms with Gasteiger partial charge in [-0.3, -0.25) is 4.90 Å². The predicted molar refractivity (Wildman–Crippen MR) is 85.9 cm³/mol. The standard InChI is InChI=1S/C18H31F2NO2/c1-2-14-10-17(11-14)23-16-6-8-21(9-7-16)12-18(19,20)13-22-15-4-3-5-15/h14-17H,2-13H2,1H3. The second-order valence-corrected chi connectivity index (χ2v) is 7.70. The van der Waals surface area contributed by atoms with Crippen LogP contribution in [0.2, 0.25) is 0 Å². The highest BCUT2D eigenvalue weighted by atomic mass is 19.3. The van der Waals surface area contributed by atoms with Crippen molar-refractivity contribution in [2.24, 2.45) is 5.92 Å². The van der Waals surface area contributed by atoms with Gasteiger partial charge < -0.3 is 9.47 Å². The second kappa shape index (κ2) is 7.75. The van der Waals surface area contributed by atoms with Crippen LogP contribution in [0.15, 0.2) is 0 Å². The molecule has 5 heteroatoms. The molecule has 3 nitrogen and oxygen atoms in total. The Morgan fingerprint density at radius 2 is 1.70 bits per heavy atom. The molecule has 0 N–H and O–H groups in total. The molecule has 3 fully saturated rings. The van der Waals surface area contributed by atoms with Crippen molar-refractivity contribution < 1.29 is 18.3 Å². The van der Waals surface area contributed by atoms with Gasteiger partial charge in [0.2, 0.25) is 0 Å². The maximum Gasteiger partial charge on any atom is 0.283 e. The van der Waals surface area contributed by atoms with Crippen LogP contribution in [0.4, 0.5) is 8.78 Å². The summed E-state index contributed by atoms with van der Waals surface area (Å²) in [6, 6.07) is 0. The van der Waals surface area contributed by atoms with Gasteiger partial charge in [-0.25, -0.2) is 8.78 Å². The van der Waals surface area contributed by atoms with E-state index in [2.05, 4.69) is 6.92 Å². The molecule has 0 spiro atoms. The molecule has 1 heterocycles. The van der Waals surface area contributed by atoms with E-state index >= 15 is 0 Å². The zero-order chi connectivity index (χ0) is 16.3. The Morgan fingerprint density at radius 1 is 1.00 bits per heavy atom. The summed E-state index contributed by atoms with van der Waals surface area (Å²) in [7, 11) is 0. The average molecular weight is 331 g/mol. The number of halogens is 2. The molecule has 0 unspecified atom stereocenters. The molecule has 0 atom stereocenters. The molecule has 23 heavy (non-hydrogen) atoms. The molecular weight excluding hydrogens is 300 g/mol. The lowest BCUT2D eigenvalue weighted by atomic mass is 9.80. The summed E-state index contributed by atoms with van der Waals surface area (Å²) in [4.78, 5) is 1.87. The Hall–Kier alpha value is -0.260. The van der Waals surface area contributed by atoms with Gasteiger partial charge >= 0.3 is 0 Å². The smallest absolute Gasteiger partial charge is 0.283 e. The fraction of sp³-hybridized carbons (Fsp3) is 1.00. The van der Waals surface area contributed by atoms with Crippen molar-refractivity contribution in [3.05, 3.63) is 0 Å². The van der Waals surface area contributed by atoms with E-state index < -0.39 is 12.5 Å². The van der Waals surface area contributed by atoms with Crippen molar-refractivity contribution in [2.75, 3.05) is 26.2 Å². The van der Waals surface area contributed by atoms with Crippen LogP contribution in [-0.2, 0) is 9.47 Å². The third kappa shape index (κ3) is 5.10. The van der Waals surface area contributed by atoms with Crippen LogP contribution in [-0.4, -0.2) is 55.4 Å². The first kappa shape index (κ1) is 17.6. The Bertz CT molecular complexity index is 362. The molecule has 3 rings (SSSR count). The molecule has 0 aromatic heterocycles. The maximum atomic E-state index is 14.0. The van der Waals surface area contributed by atoms with Crippen molar-refractivity contribution >= 4 is 0 Å². The third-order valence-electron chi connectivity index (χ3n) is 5.73. The lowest BCUT2D eigenvalue weighted by Crippen LogP contribution is -2.47. The fourth-order valence-electron chi connectivity index (χ4n) is 3.74. The minimum Gasteiger partial charge on any atom is -0.375 e. The van der Waals surface area contributed by atoms with E-state index in [4.69, 9.17) is 9.47 Å². The van der Waals surface area contributed by atoms with Crippen LogP contribution in [0.1, 0.15) is 58.3 Å². The Labute approximate surface area is 138 Å². The Balaban J connectivity index is 1.30. The van der Waals surface area contributed by atoms with E-state index in [1.165, 1.54) is 19.3 Å². The van der Waals surface area contributed by atoms with Gasteiger partial charge in [-0.1, -0.05) is 13.3 Å². The topological polar surface area (TPSA) is 21.7 Å². The van der Waals surface area contributed by atoms with E-state index in [0.717, 1.165) is 38.0 Å². The fourth-order valence-corrected chi connectivity index (χ4v) is 3.74. The molecule has 0 aromatic carbocycles. The summed E-state index contributed by atoms with van der Waals surface area (Å²) in [5, 5.41) is 0. The third-order valence-corrected chi connectivity index (χ3v) is 5.73. The predicted octanol–water partition coefficient (Wildman–Crippen LogP) is 3.86. The van der Waals surface area contributed by atoms with Gasteiger partial charge in [0.1, 0.15) is 6.61 Å². The van der Waals surface area contributed by atoms with Crippen molar-refractivity contribution in [2.45, 2.75) is 82.5 Å². The van der Waals surface area contributed by atoms with Crippen LogP contribution < -0.4 is 0 Å². The zero-order valence-corrected chi connectivity index (χ0v) is 14.3. The Kier molecular flexibility index (Phi) is 5.92. The van der Waals surface area contributed by atoms with E-state index in [9.17, 15) is 8.78 Å². The lowest BCUT2D eigenvalue weighted by molar-refractivity contribution is -0.136. The van der Waals surface area contributed by atoms with Crippen LogP contribution in [0.3, 0.4) is 0 Å². The molecular formula is C18H31F2NO2. The summed E-state index contributed by atoms with van der Waals surface area (Å²) >= 11 is 0. The molecule has 3 aliphatic rings. The molecule has 2 aliphatic carbocycles. The highest BCUT2D eigenvalue weighted by Crippen LogP contribution is 2.34. The maximum absolute atomic E-state index is 14.0. The number of likely N-dealkylation sites (tertiary alicyclic amines) is 1. The van der Waals surface area contributed by atoms with Crippen LogP contribution in [0.25, 0.3) is 0 Å². The minimum absolute atomic E-state index is 0.0782. The summed E-state index contributed by atoms with van der Waals surface area (Å²) < 4.78 is 39.4. The van der Waals surface area contributed by atoms with Crippen molar-refractivity contribution in [3.63, 3.8) is 0 Å². The average Bonchev–Trinajstić information content (AvgIpc) is 2.42. The normalized spacial score (nSPS) is 30.9. The second-order valence-electron chi connectivity index (χ2n) is 7.70. The first-order valence-electron chi connectivity index (χ1n) is 9.41. The number of piperidine rings is 1. The molecule has 134 valence electrons. The summed E-state index contributed by atoms with van der Waals surface area (Å²) in [5.74, 6) is -1.89. The van der Waals surface area contributed by atoms with Crippen molar-refractivity contribution in [1.82, 2.24) is 4.90 Å². The van der Waals surface area contributed by atoms with Crippen LogP contribution in [0.5, 0.6) is 0 Å². The van der Waals surface area contributed by atoms with Crippen molar-refractivity contribution in [3.8, 4) is 0 Å². The van der Waals surface area contributed by atoms with Crippen molar-refractivity contribution in [1.29, 1.82) is 0 Å². The molecule has 0 amide bonds. The van der Waals surface area contributed by atoms with Crippen LogP contribution in [0, 0.1) is 5.92 Å². The van der Waals surface area contributed by atoms with Gasteiger partial charge in [0.05, 0.1) is 24.9 Å². The number of hydrogen-bond acceptors (Lipinski definition) is 3. The largest absolute Gasteiger partial charge is 0.375 e. The van der Waals surface area contributed by atoms with E-state index in [0.29, 0.717) is 19.2 Å². The van der Waals surface area contributed by atoms with Gasteiger partial charge in [0.15, 0.2) is 0 Å². The lowest BCUT2D eigenvalue weighted by Gasteiger charge is -2.40. The SMILES string of the molecule is CCC1CC(OC2CCN(CC(F)(F)COC3CCC3)CC2)C1. The highest BCUT2D eigenvalue weighted by molar-refractivity contribution is 4.83. The van der Waals surface area contributed by atoms with Crippen LogP contribution >= 0.6 is 0 Å². The molecule has 0 radical (unpaired) electrons. The molecule has 2 saturated carbocycles. The number of hydrogen-bond donors (Lipinski definition) is 0. The number of rotatable bonds is 8. The summed E-state index contributed by atoms with van der Waals surface area (Å²) in [5.41, 5.74) is 0. The molecule has 1 saturated heterocycles. The Morgan fingerprint density at radius 3 is 2.26 bits per heavy atom. The quantitative estimate of drug-likeness (QED) is 0.674. The van der Waals surface area contributed by atoms with Gasteiger partial charge in [-0.05, 0) is 50.9 Å². The summed E-state index contributed by atoms with van der Waals surface area (Å²) in [6.07, 6.45) is 9.16. The highest BCUT2D eigenvalue weighted by Gasteiger charge is 2.36. The monoisotopic (exact) mass is 331 g/mol. The number of ether oxygens (including phenoxy) is 2. The van der Waals surface area contributed by atoms with Gasteiger partial charge in [-0.15, -0.1) is 0 Å². The number of alkyl halides is 2. The minimum atomic E-state index is -2.73. The first-order chi connectivity index (χ1) is 11.0. The summed E-state index contributed by atoms with van der Waals surface area (Å²) in [6.45, 7) is 3.07. The van der Waals surface area contributed by atoms with E-state index in [1.807, 2.05) is 4.90 Å². The zero-order valence-electron chi connectivity index (χ0n) is 14.3. The van der Waals surface area contributed by atoms with E-state index in [-0.39, 0.29) is 18.8 Å². The van der Waals surface area contributed by atoms with Gasteiger partial charge in [0, 0.05) is 13.1 Å². The van der Waals surface area contributed by atoms with E-state index in [1.54, 1.807) is 0 Å². The first-order valence-corrected chi connectivity index (χ1v) is 9.41. The van der Waals surface area contributed by atoms with Gasteiger partial charge in [0.25, 0.3) is 5.92 Å². The molecule has 0 aromatic rings. The molecule has 1 aliphatic heterocycles. The molecule has 0 bridgehead atoms.